The summed E-state index contributed by atoms with van der Waals surface area (Å²) in [6, 6.07) is 16.2. The van der Waals surface area contributed by atoms with Crippen LogP contribution in [0.4, 0.5) is 10.5 Å². The van der Waals surface area contributed by atoms with Crippen LogP contribution in [0, 0.1) is 6.92 Å². The summed E-state index contributed by atoms with van der Waals surface area (Å²) in [4.78, 5) is 23.7. The minimum Gasteiger partial charge on any atom is -0.441 e. The molecule has 0 saturated heterocycles. The molecule has 0 aliphatic heterocycles. The zero-order chi connectivity index (χ0) is 20.3. The van der Waals surface area contributed by atoms with Gasteiger partial charge in [-0.3, -0.25) is 14.8 Å². The van der Waals surface area contributed by atoms with Gasteiger partial charge in [0.1, 0.15) is 11.8 Å². The highest BCUT2D eigenvalue weighted by Crippen LogP contribution is 2.30. The van der Waals surface area contributed by atoms with Crippen LogP contribution in [0.1, 0.15) is 34.6 Å². The van der Waals surface area contributed by atoms with Gasteiger partial charge in [-0.15, -0.1) is 0 Å². The molecule has 1 aromatic heterocycles. The van der Waals surface area contributed by atoms with E-state index in [0.29, 0.717) is 16.9 Å². The molecule has 7 heteroatoms. The molecule has 0 bridgehead atoms. The Hall–Kier alpha value is -3.61. The van der Waals surface area contributed by atoms with E-state index in [0.717, 1.165) is 16.8 Å². The number of nitrogens with zero attached hydrogens (tertiary/aromatic N) is 2. The molecule has 0 unspecified atom stereocenters. The quantitative estimate of drug-likeness (QED) is 0.705. The summed E-state index contributed by atoms with van der Waals surface area (Å²) in [6.07, 6.45) is -0.959. The third-order valence-electron chi connectivity index (χ3n) is 4.56. The van der Waals surface area contributed by atoms with Gasteiger partial charge in [-0.1, -0.05) is 42.5 Å². The number of rotatable bonds is 5. The average Bonchev–Trinajstić information content (AvgIpc) is 2.97. The monoisotopic (exact) mass is 378 g/mol. The number of aromatic nitrogens is 2. The van der Waals surface area contributed by atoms with Crippen molar-refractivity contribution in [1.29, 1.82) is 0 Å². The van der Waals surface area contributed by atoms with Gasteiger partial charge in [-0.05, 0) is 31.5 Å². The van der Waals surface area contributed by atoms with E-state index in [1.54, 1.807) is 36.0 Å². The molecule has 7 nitrogen and oxygen atoms in total. The van der Waals surface area contributed by atoms with Crippen LogP contribution in [0.5, 0.6) is 0 Å². The van der Waals surface area contributed by atoms with E-state index < -0.39 is 18.1 Å². The number of carbonyl (C=O) groups excluding carboxylic acids is 2. The van der Waals surface area contributed by atoms with Crippen molar-refractivity contribution in [1.82, 2.24) is 9.78 Å². The lowest BCUT2D eigenvalue weighted by molar-refractivity contribution is 0.1000. The number of ether oxygens (including phenoxy) is 1. The molecule has 0 aliphatic rings. The van der Waals surface area contributed by atoms with Crippen molar-refractivity contribution in [2.45, 2.75) is 20.0 Å². The van der Waals surface area contributed by atoms with Crippen LogP contribution in [0.3, 0.4) is 0 Å². The zero-order valence-corrected chi connectivity index (χ0v) is 16.0. The summed E-state index contributed by atoms with van der Waals surface area (Å²) in [5.41, 5.74) is 9.26. The van der Waals surface area contributed by atoms with Crippen LogP contribution < -0.4 is 11.1 Å². The molecular formula is C21H22N4O3. The molecule has 2 amide bonds. The van der Waals surface area contributed by atoms with Gasteiger partial charge in [-0.25, -0.2) is 4.79 Å². The smallest absolute Gasteiger partial charge is 0.412 e. The lowest BCUT2D eigenvalue weighted by Gasteiger charge is -2.14. The molecule has 0 radical (unpaired) electrons. The number of nitrogens with one attached hydrogen (secondary N) is 1. The largest absolute Gasteiger partial charge is 0.441 e. The molecule has 144 valence electrons. The van der Waals surface area contributed by atoms with Crippen molar-refractivity contribution in [2.75, 3.05) is 5.32 Å². The Morgan fingerprint density at radius 3 is 2.36 bits per heavy atom. The second-order valence-electron chi connectivity index (χ2n) is 6.46. The van der Waals surface area contributed by atoms with E-state index in [9.17, 15) is 9.59 Å². The van der Waals surface area contributed by atoms with Crippen LogP contribution in [-0.2, 0) is 11.8 Å². The predicted octanol–water partition coefficient (Wildman–Crippen LogP) is 3.80. The Labute approximate surface area is 163 Å². The molecule has 0 fully saturated rings. The number of hydrogen-bond acceptors (Lipinski definition) is 4. The van der Waals surface area contributed by atoms with Gasteiger partial charge in [0.15, 0.2) is 0 Å². The highest BCUT2D eigenvalue weighted by molar-refractivity contribution is 5.94. The van der Waals surface area contributed by atoms with E-state index in [1.807, 2.05) is 44.2 Å². The molecule has 28 heavy (non-hydrogen) atoms. The number of nitrogens with two attached hydrogens (primary N) is 1. The maximum absolute atomic E-state index is 12.5. The van der Waals surface area contributed by atoms with Crippen molar-refractivity contribution in [3.8, 4) is 11.3 Å². The molecule has 0 saturated carbocycles. The molecule has 0 aliphatic carbocycles. The van der Waals surface area contributed by atoms with Crippen molar-refractivity contribution in [2.24, 2.45) is 12.8 Å². The van der Waals surface area contributed by atoms with Gasteiger partial charge in [0.05, 0.1) is 11.4 Å². The minimum atomic E-state index is -0.567. The average molecular weight is 378 g/mol. The molecule has 1 atom stereocenters. The molecule has 0 spiro atoms. The number of aryl methyl sites for hydroxylation is 1. The van der Waals surface area contributed by atoms with Crippen molar-refractivity contribution in [3.05, 3.63) is 71.4 Å². The maximum atomic E-state index is 12.5. The number of benzene rings is 2. The fourth-order valence-electron chi connectivity index (χ4n) is 2.84. The summed E-state index contributed by atoms with van der Waals surface area (Å²) in [5, 5.41) is 7.28. The van der Waals surface area contributed by atoms with E-state index in [2.05, 4.69) is 10.4 Å². The van der Waals surface area contributed by atoms with E-state index >= 15 is 0 Å². The Morgan fingerprint density at radius 1 is 1.11 bits per heavy atom. The number of amides is 2. The van der Waals surface area contributed by atoms with Gasteiger partial charge in [-0.2, -0.15) is 5.10 Å². The number of primary amides is 1. The lowest BCUT2D eigenvalue weighted by Crippen LogP contribution is -2.17. The summed E-state index contributed by atoms with van der Waals surface area (Å²) < 4.78 is 7.17. The maximum Gasteiger partial charge on any atom is 0.412 e. The number of anilines is 1. The van der Waals surface area contributed by atoms with Crippen LogP contribution in [0.25, 0.3) is 11.3 Å². The SMILES string of the molecule is Cc1c(NC(=O)O[C@H](C)c2ccccc2)c(-c2ccc(C(N)=O)cc2)nn1C. The molecular weight excluding hydrogens is 356 g/mol. The lowest BCUT2D eigenvalue weighted by atomic mass is 10.1. The van der Waals surface area contributed by atoms with Crippen molar-refractivity contribution >= 4 is 17.7 Å². The molecule has 3 aromatic rings. The Morgan fingerprint density at radius 2 is 1.75 bits per heavy atom. The topological polar surface area (TPSA) is 99.2 Å². The molecule has 3 N–H and O–H groups in total. The summed E-state index contributed by atoms with van der Waals surface area (Å²) in [7, 11) is 1.79. The summed E-state index contributed by atoms with van der Waals surface area (Å²) in [5.74, 6) is -0.499. The number of hydrogen-bond donors (Lipinski definition) is 2. The predicted molar refractivity (Wildman–Crippen MR) is 107 cm³/mol. The first kappa shape index (κ1) is 19.2. The van der Waals surface area contributed by atoms with Crippen LogP contribution in [0.2, 0.25) is 0 Å². The highest BCUT2D eigenvalue weighted by atomic mass is 16.6. The first-order valence-corrected chi connectivity index (χ1v) is 8.83. The van der Waals surface area contributed by atoms with Gasteiger partial charge in [0.2, 0.25) is 5.91 Å². The number of carbonyl (C=O) groups is 2. The first-order valence-electron chi connectivity index (χ1n) is 8.83. The third kappa shape index (κ3) is 4.03. The Balaban J connectivity index is 1.82. The summed E-state index contributed by atoms with van der Waals surface area (Å²) >= 11 is 0. The van der Waals surface area contributed by atoms with Crippen LogP contribution >= 0.6 is 0 Å². The second-order valence-corrected chi connectivity index (χ2v) is 6.46. The second kappa shape index (κ2) is 7.96. The normalized spacial score (nSPS) is 11.7. The van der Waals surface area contributed by atoms with Gasteiger partial charge < -0.3 is 10.5 Å². The Kier molecular flexibility index (Phi) is 5.44. The van der Waals surface area contributed by atoms with Gasteiger partial charge in [0.25, 0.3) is 0 Å². The van der Waals surface area contributed by atoms with E-state index in [1.165, 1.54) is 0 Å². The Bertz CT molecular complexity index is 994. The van der Waals surface area contributed by atoms with Crippen molar-refractivity contribution < 1.29 is 14.3 Å². The highest BCUT2D eigenvalue weighted by Gasteiger charge is 2.19. The van der Waals surface area contributed by atoms with Crippen molar-refractivity contribution in [3.63, 3.8) is 0 Å². The fourth-order valence-corrected chi connectivity index (χ4v) is 2.84. The van der Waals surface area contributed by atoms with Gasteiger partial charge in [0, 0.05) is 18.2 Å². The van der Waals surface area contributed by atoms with Crippen LogP contribution in [0.15, 0.2) is 54.6 Å². The summed E-state index contributed by atoms with van der Waals surface area (Å²) in [6.45, 7) is 3.67. The zero-order valence-electron chi connectivity index (χ0n) is 16.0. The van der Waals surface area contributed by atoms with E-state index in [4.69, 9.17) is 10.5 Å². The van der Waals surface area contributed by atoms with Gasteiger partial charge >= 0.3 is 6.09 Å². The third-order valence-corrected chi connectivity index (χ3v) is 4.56. The molecule has 2 aromatic carbocycles. The fraction of sp³-hybridized carbons (Fsp3) is 0.190. The first-order chi connectivity index (χ1) is 13.4. The molecule has 1 heterocycles. The minimum absolute atomic E-state index is 0.392. The standard InChI is InChI=1S/C21H22N4O3/c1-13-18(23-21(27)28-14(2)15-7-5-4-6-8-15)19(24-25(13)3)16-9-11-17(12-10-16)20(22)26/h4-12,14H,1-3H3,(H2,22,26)(H,23,27)/t14-/m1/s1. The van der Waals surface area contributed by atoms with E-state index in [-0.39, 0.29) is 0 Å². The molecule has 3 rings (SSSR count). The van der Waals surface area contributed by atoms with Crippen LogP contribution in [-0.4, -0.2) is 21.8 Å².